The van der Waals surface area contributed by atoms with Crippen molar-refractivity contribution in [1.82, 2.24) is 20.4 Å². The molecule has 0 fully saturated rings. The Morgan fingerprint density at radius 1 is 1.26 bits per heavy atom. The molecule has 0 radical (unpaired) electrons. The molecule has 112 valence electrons. The van der Waals surface area contributed by atoms with Crippen LogP contribution in [0.4, 0.5) is 0 Å². The van der Waals surface area contributed by atoms with Gasteiger partial charge in [0.05, 0.1) is 18.2 Å². The summed E-state index contributed by atoms with van der Waals surface area (Å²) < 4.78 is 5.10. The second-order valence-electron chi connectivity index (χ2n) is 4.62. The van der Waals surface area contributed by atoms with Gasteiger partial charge in [-0.3, -0.25) is 9.78 Å². The Morgan fingerprint density at radius 2 is 2.09 bits per heavy atom. The van der Waals surface area contributed by atoms with Crippen molar-refractivity contribution < 1.29 is 9.32 Å². The van der Waals surface area contributed by atoms with Crippen molar-refractivity contribution in [3.63, 3.8) is 0 Å². The van der Waals surface area contributed by atoms with Crippen molar-refractivity contribution in [1.29, 1.82) is 5.26 Å². The van der Waals surface area contributed by atoms with Gasteiger partial charge in [0.2, 0.25) is 11.7 Å². The van der Waals surface area contributed by atoms with Gasteiger partial charge in [0.25, 0.3) is 5.91 Å². The van der Waals surface area contributed by atoms with Gasteiger partial charge in [-0.1, -0.05) is 11.2 Å². The Morgan fingerprint density at radius 3 is 2.87 bits per heavy atom. The van der Waals surface area contributed by atoms with Crippen molar-refractivity contribution in [2.24, 2.45) is 0 Å². The lowest BCUT2D eigenvalue weighted by Crippen LogP contribution is -2.23. The summed E-state index contributed by atoms with van der Waals surface area (Å²) >= 11 is 0. The molecule has 2 heterocycles. The van der Waals surface area contributed by atoms with E-state index in [1.165, 1.54) is 6.07 Å². The molecule has 0 aliphatic rings. The van der Waals surface area contributed by atoms with Gasteiger partial charge in [0, 0.05) is 23.5 Å². The Hall–Kier alpha value is -3.53. The molecule has 2 aromatic heterocycles. The van der Waals surface area contributed by atoms with Gasteiger partial charge in [-0.15, -0.1) is 0 Å². The highest BCUT2D eigenvalue weighted by Gasteiger charge is 2.11. The van der Waals surface area contributed by atoms with Gasteiger partial charge in [0.15, 0.2) is 0 Å². The molecule has 1 N–H and O–H groups in total. The van der Waals surface area contributed by atoms with Crippen LogP contribution < -0.4 is 5.32 Å². The van der Waals surface area contributed by atoms with E-state index in [1.54, 1.807) is 42.7 Å². The number of carbonyl (C=O) groups is 1. The number of amides is 1. The van der Waals surface area contributed by atoms with Gasteiger partial charge in [-0.25, -0.2) is 0 Å². The topological polar surface area (TPSA) is 105 Å². The number of aromatic nitrogens is 3. The highest BCUT2D eigenvalue weighted by molar-refractivity contribution is 5.94. The lowest BCUT2D eigenvalue weighted by atomic mass is 10.1. The van der Waals surface area contributed by atoms with Crippen LogP contribution in [0.3, 0.4) is 0 Å². The molecule has 3 rings (SSSR count). The first-order valence-corrected chi connectivity index (χ1v) is 6.77. The van der Waals surface area contributed by atoms with Crippen LogP contribution in [0, 0.1) is 11.3 Å². The Labute approximate surface area is 131 Å². The first-order chi connectivity index (χ1) is 11.3. The molecule has 0 saturated carbocycles. The van der Waals surface area contributed by atoms with Crippen molar-refractivity contribution in [3.05, 3.63) is 65.8 Å². The van der Waals surface area contributed by atoms with Crippen LogP contribution in [0.25, 0.3) is 11.4 Å². The standard InChI is InChI=1S/C16H11N5O2/c17-9-11-2-1-3-13(8-11)16(22)19-10-14-20-15(21-23-14)12-4-6-18-7-5-12/h1-8H,10H2,(H,19,22). The molecule has 0 aliphatic carbocycles. The number of nitriles is 1. The van der Waals surface area contributed by atoms with Crippen LogP contribution in [0.1, 0.15) is 21.8 Å². The van der Waals surface area contributed by atoms with Crippen LogP contribution in [-0.2, 0) is 6.54 Å². The molecular formula is C16H11N5O2. The molecule has 1 aromatic carbocycles. The third-order valence-corrected chi connectivity index (χ3v) is 3.06. The van der Waals surface area contributed by atoms with Crippen LogP contribution in [0.2, 0.25) is 0 Å². The van der Waals surface area contributed by atoms with E-state index >= 15 is 0 Å². The molecule has 0 aliphatic heterocycles. The van der Waals surface area contributed by atoms with Gasteiger partial charge in [0.1, 0.15) is 0 Å². The maximum atomic E-state index is 12.0. The zero-order valence-electron chi connectivity index (χ0n) is 11.9. The van der Waals surface area contributed by atoms with Crippen molar-refractivity contribution >= 4 is 5.91 Å². The minimum absolute atomic E-state index is 0.105. The van der Waals surface area contributed by atoms with E-state index in [0.29, 0.717) is 22.8 Å². The number of nitrogens with one attached hydrogen (secondary N) is 1. The summed E-state index contributed by atoms with van der Waals surface area (Å²) in [6.45, 7) is 0.105. The summed E-state index contributed by atoms with van der Waals surface area (Å²) in [5.74, 6) is 0.412. The first kappa shape index (κ1) is 14.4. The maximum absolute atomic E-state index is 12.0. The summed E-state index contributed by atoms with van der Waals surface area (Å²) in [4.78, 5) is 20.2. The van der Waals surface area contributed by atoms with Crippen LogP contribution in [-0.4, -0.2) is 21.0 Å². The molecule has 3 aromatic rings. The van der Waals surface area contributed by atoms with Gasteiger partial charge >= 0.3 is 0 Å². The molecule has 0 bridgehead atoms. The quantitative estimate of drug-likeness (QED) is 0.789. The Balaban J connectivity index is 1.66. The fourth-order valence-corrected chi connectivity index (χ4v) is 1.93. The summed E-state index contributed by atoms with van der Waals surface area (Å²) in [5.41, 5.74) is 1.61. The van der Waals surface area contributed by atoms with Crippen LogP contribution >= 0.6 is 0 Å². The normalized spacial score (nSPS) is 10.0. The number of rotatable bonds is 4. The molecule has 0 saturated heterocycles. The van der Waals surface area contributed by atoms with Crippen LogP contribution in [0.15, 0.2) is 53.3 Å². The second kappa shape index (κ2) is 6.49. The minimum Gasteiger partial charge on any atom is -0.343 e. The summed E-state index contributed by atoms with van der Waals surface area (Å²) in [6, 6.07) is 12.0. The monoisotopic (exact) mass is 305 g/mol. The van der Waals surface area contributed by atoms with E-state index in [9.17, 15) is 4.79 Å². The van der Waals surface area contributed by atoms with E-state index < -0.39 is 0 Å². The second-order valence-corrected chi connectivity index (χ2v) is 4.62. The summed E-state index contributed by atoms with van der Waals surface area (Å²) in [6.07, 6.45) is 3.27. The number of carbonyl (C=O) groups excluding carboxylic acids is 1. The third kappa shape index (κ3) is 3.39. The summed E-state index contributed by atoms with van der Waals surface area (Å²) in [7, 11) is 0. The smallest absolute Gasteiger partial charge is 0.251 e. The Bertz CT molecular complexity index is 867. The molecule has 1 amide bonds. The third-order valence-electron chi connectivity index (χ3n) is 3.06. The van der Waals surface area contributed by atoms with Gasteiger partial charge < -0.3 is 9.84 Å². The minimum atomic E-state index is -0.314. The fourth-order valence-electron chi connectivity index (χ4n) is 1.93. The molecule has 0 atom stereocenters. The van der Waals surface area contributed by atoms with Gasteiger partial charge in [-0.05, 0) is 30.3 Å². The van der Waals surface area contributed by atoms with E-state index in [0.717, 1.165) is 5.56 Å². The Kier molecular flexibility index (Phi) is 4.07. The predicted octanol–water partition coefficient (Wildman–Crippen LogP) is 1.93. The maximum Gasteiger partial charge on any atom is 0.251 e. The van der Waals surface area contributed by atoms with Crippen LogP contribution in [0.5, 0.6) is 0 Å². The largest absolute Gasteiger partial charge is 0.343 e. The lowest BCUT2D eigenvalue weighted by molar-refractivity contribution is 0.0946. The average molecular weight is 305 g/mol. The molecule has 0 unspecified atom stereocenters. The zero-order valence-corrected chi connectivity index (χ0v) is 11.9. The average Bonchev–Trinajstić information content (AvgIpc) is 3.09. The number of hydrogen-bond acceptors (Lipinski definition) is 6. The van der Waals surface area contributed by atoms with Crippen molar-refractivity contribution in [3.8, 4) is 17.5 Å². The molecule has 0 spiro atoms. The number of nitrogens with zero attached hydrogens (tertiary/aromatic N) is 4. The highest BCUT2D eigenvalue weighted by atomic mass is 16.5. The van der Waals surface area contributed by atoms with E-state index in [2.05, 4.69) is 20.4 Å². The van der Waals surface area contributed by atoms with Crippen molar-refractivity contribution in [2.75, 3.05) is 0 Å². The molecular weight excluding hydrogens is 294 g/mol. The van der Waals surface area contributed by atoms with Crippen molar-refractivity contribution in [2.45, 2.75) is 6.54 Å². The number of pyridine rings is 1. The number of hydrogen-bond donors (Lipinski definition) is 1. The molecule has 23 heavy (non-hydrogen) atoms. The zero-order chi connectivity index (χ0) is 16.1. The lowest BCUT2D eigenvalue weighted by Gasteiger charge is -2.02. The van der Waals surface area contributed by atoms with E-state index in [-0.39, 0.29) is 12.5 Å². The highest BCUT2D eigenvalue weighted by Crippen LogP contribution is 2.13. The summed E-state index contributed by atoms with van der Waals surface area (Å²) in [5, 5.41) is 15.4. The number of benzene rings is 1. The predicted molar refractivity (Wildman–Crippen MR) is 79.9 cm³/mol. The SMILES string of the molecule is N#Cc1cccc(C(=O)NCc2nc(-c3ccncc3)no2)c1. The molecule has 7 nitrogen and oxygen atoms in total. The fraction of sp³-hybridized carbons (Fsp3) is 0.0625. The first-order valence-electron chi connectivity index (χ1n) is 6.77. The van der Waals surface area contributed by atoms with Gasteiger partial charge in [-0.2, -0.15) is 10.2 Å². The molecule has 7 heteroatoms. The van der Waals surface area contributed by atoms with E-state index in [1.807, 2.05) is 6.07 Å². The van der Waals surface area contributed by atoms with E-state index in [4.69, 9.17) is 9.78 Å².